The van der Waals surface area contributed by atoms with Crippen molar-refractivity contribution in [2.75, 3.05) is 19.8 Å². The van der Waals surface area contributed by atoms with E-state index in [0.29, 0.717) is 30.9 Å². The molecule has 2 atom stereocenters. The van der Waals surface area contributed by atoms with Crippen LogP contribution in [0.2, 0.25) is 0 Å². The van der Waals surface area contributed by atoms with Crippen LogP contribution in [-0.2, 0) is 9.47 Å². The maximum Gasteiger partial charge on any atom is 0.251 e. The van der Waals surface area contributed by atoms with Gasteiger partial charge in [-0.15, -0.1) is 0 Å². The Bertz CT molecular complexity index is 771. The third kappa shape index (κ3) is 4.61. The summed E-state index contributed by atoms with van der Waals surface area (Å²) < 4.78 is 11.4. The second kappa shape index (κ2) is 8.18. The lowest BCUT2D eigenvalue weighted by atomic mass is 10.1. The van der Waals surface area contributed by atoms with Crippen molar-refractivity contribution in [2.45, 2.75) is 32.4 Å². The fourth-order valence-electron chi connectivity index (χ4n) is 2.75. The number of hydrogen-bond donors (Lipinski definition) is 1. The van der Waals surface area contributed by atoms with Crippen molar-refractivity contribution < 1.29 is 14.3 Å². The zero-order valence-corrected chi connectivity index (χ0v) is 14.6. The summed E-state index contributed by atoms with van der Waals surface area (Å²) in [6.07, 6.45) is 6.01. The molecule has 1 N–H and O–H groups in total. The molecule has 6 nitrogen and oxygen atoms in total. The van der Waals surface area contributed by atoms with Gasteiger partial charge in [0.1, 0.15) is 0 Å². The van der Waals surface area contributed by atoms with Gasteiger partial charge in [0.05, 0.1) is 36.4 Å². The summed E-state index contributed by atoms with van der Waals surface area (Å²) in [5.74, 6) is -0.154. The van der Waals surface area contributed by atoms with Gasteiger partial charge < -0.3 is 14.8 Å². The molecule has 3 rings (SSSR count). The lowest BCUT2D eigenvalue weighted by Crippen LogP contribution is -2.50. The molecule has 1 aliphatic heterocycles. The average Bonchev–Trinajstić information content (AvgIpc) is 2.62. The number of allylic oxidation sites excluding steroid dienone is 1. The maximum absolute atomic E-state index is 12.6. The summed E-state index contributed by atoms with van der Waals surface area (Å²) in [7, 11) is 0. The number of carbonyl (C=O) groups excluding carboxylic acids is 1. The number of benzene rings is 1. The van der Waals surface area contributed by atoms with Crippen LogP contribution < -0.4 is 5.32 Å². The van der Waals surface area contributed by atoms with E-state index in [9.17, 15) is 4.79 Å². The number of rotatable bonds is 5. The largest absolute Gasteiger partial charge is 0.379 e. The smallest absolute Gasteiger partial charge is 0.251 e. The molecule has 1 aliphatic rings. The minimum atomic E-state index is -0.163. The maximum atomic E-state index is 12.6. The Labute approximate surface area is 147 Å². The van der Waals surface area contributed by atoms with E-state index in [4.69, 9.17) is 9.47 Å². The second-order valence-electron chi connectivity index (χ2n) is 6.36. The molecule has 0 bridgehead atoms. The van der Waals surface area contributed by atoms with Crippen LogP contribution in [0.3, 0.4) is 0 Å². The first kappa shape index (κ1) is 17.5. The van der Waals surface area contributed by atoms with E-state index in [1.807, 2.05) is 19.9 Å². The van der Waals surface area contributed by atoms with Crippen molar-refractivity contribution in [3.05, 3.63) is 47.8 Å². The van der Waals surface area contributed by atoms with Gasteiger partial charge in [-0.1, -0.05) is 11.6 Å². The van der Waals surface area contributed by atoms with Gasteiger partial charge in [0.2, 0.25) is 0 Å². The topological polar surface area (TPSA) is 73.3 Å². The number of aromatic nitrogens is 2. The molecular formula is C19H23N3O3. The summed E-state index contributed by atoms with van der Waals surface area (Å²) in [4.78, 5) is 21.1. The quantitative estimate of drug-likeness (QED) is 0.846. The number of nitrogens with zero attached hydrogens (tertiary/aromatic N) is 2. The Hall–Kier alpha value is -2.31. The summed E-state index contributed by atoms with van der Waals surface area (Å²) in [6.45, 7) is 5.73. The van der Waals surface area contributed by atoms with Crippen LogP contribution >= 0.6 is 0 Å². The lowest BCUT2D eigenvalue weighted by Gasteiger charge is -2.31. The minimum Gasteiger partial charge on any atom is -0.379 e. The second-order valence-corrected chi connectivity index (χ2v) is 6.36. The van der Waals surface area contributed by atoms with Crippen LogP contribution in [0.25, 0.3) is 11.0 Å². The molecule has 1 fully saturated rings. The molecule has 2 heterocycles. The van der Waals surface area contributed by atoms with Crippen molar-refractivity contribution >= 4 is 16.9 Å². The first-order valence-electron chi connectivity index (χ1n) is 8.48. The molecule has 1 aromatic heterocycles. The molecule has 1 saturated heterocycles. The molecule has 6 heteroatoms. The van der Waals surface area contributed by atoms with Gasteiger partial charge >= 0.3 is 0 Å². The van der Waals surface area contributed by atoms with Gasteiger partial charge in [-0.3, -0.25) is 14.8 Å². The molecule has 2 aromatic rings. The van der Waals surface area contributed by atoms with E-state index in [1.165, 1.54) is 5.57 Å². The van der Waals surface area contributed by atoms with Crippen LogP contribution in [-0.4, -0.2) is 47.8 Å². The minimum absolute atomic E-state index is 0.0476. The van der Waals surface area contributed by atoms with E-state index in [-0.39, 0.29) is 18.1 Å². The summed E-state index contributed by atoms with van der Waals surface area (Å²) in [5.41, 5.74) is 3.24. The number of fused-ring (bicyclic) bond motifs is 1. The SMILES string of the molecule is CC(C)=CCO[C@H]1CCOC[C@H]1NC(=O)c1ccc2nccnc2c1. The Morgan fingerprint density at radius 1 is 1.32 bits per heavy atom. The van der Waals surface area contributed by atoms with Crippen LogP contribution in [0.1, 0.15) is 30.6 Å². The lowest BCUT2D eigenvalue weighted by molar-refractivity contribution is -0.0457. The van der Waals surface area contributed by atoms with E-state index >= 15 is 0 Å². The zero-order valence-electron chi connectivity index (χ0n) is 14.6. The summed E-state index contributed by atoms with van der Waals surface area (Å²) >= 11 is 0. The molecule has 0 unspecified atom stereocenters. The zero-order chi connectivity index (χ0) is 17.6. The third-order valence-electron chi connectivity index (χ3n) is 4.14. The van der Waals surface area contributed by atoms with Gasteiger partial charge in [-0.25, -0.2) is 0 Å². The summed E-state index contributed by atoms with van der Waals surface area (Å²) in [6, 6.07) is 5.15. The van der Waals surface area contributed by atoms with Crippen molar-refractivity contribution in [3.63, 3.8) is 0 Å². The van der Waals surface area contributed by atoms with E-state index in [0.717, 1.165) is 11.9 Å². The van der Waals surface area contributed by atoms with Crippen LogP contribution in [0.5, 0.6) is 0 Å². The number of ether oxygens (including phenoxy) is 2. The van der Waals surface area contributed by atoms with Crippen molar-refractivity contribution in [1.29, 1.82) is 0 Å². The van der Waals surface area contributed by atoms with Crippen molar-refractivity contribution in [3.8, 4) is 0 Å². The van der Waals surface area contributed by atoms with Gasteiger partial charge in [-0.05, 0) is 38.5 Å². The summed E-state index contributed by atoms with van der Waals surface area (Å²) in [5, 5.41) is 3.03. The van der Waals surface area contributed by atoms with Crippen molar-refractivity contribution in [1.82, 2.24) is 15.3 Å². The predicted octanol–water partition coefficient (Wildman–Crippen LogP) is 2.50. The first-order chi connectivity index (χ1) is 12.1. The van der Waals surface area contributed by atoms with E-state index in [1.54, 1.807) is 30.6 Å². The molecule has 0 spiro atoms. The standard InChI is InChI=1S/C19H23N3O3/c1-13(2)5-10-25-18-6-9-24-12-17(18)22-19(23)14-3-4-15-16(11-14)21-8-7-20-15/h3-5,7-8,11,17-18H,6,9-10,12H2,1-2H3,(H,22,23)/t17-,18+/m1/s1. The van der Waals surface area contributed by atoms with Gasteiger partial charge in [0.25, 0.3) is 5.91 Å². The molecular weight excluding hydrogens is 318 g/mol. The van der Waals surface area contributed by atoms with E-state index in [2.05, 4.69) is 15.3 Å². The molecule has 0 radical (unpaired) electrons. The highest BCUT2D eigenvalue weighted by molar-refractivity contribution is 5.97. The average molecular weight is 341 g/mol. The Morgan fingerprint density at radius 3 is 2.92 bits per heavy atom. The van der Waals surface area contributed by atoms with Gasteiger partial charge in [0.15, 0.2) is 0 Å². The number of nitrogens with one attached hydrogen (secondary N) is 1. The Kier molecular flexibility index (Phi) is 5.73. The Morgan fingerprint density at radius 2 is 2.12 bits per heavy atom. The molecule has 0 saturated carbocycles. The fourth-order valence-corrected chi connectivity index (χ4v) is 2.75. The third-order valence-corrected chi connectivity index (χ3v) is 4.14. The highest BCUT2D eigenvalue weighted by atomic mass is 16.5. The van der Waals surface area contributed by atoms with Crippen LogP contribution in [0.4, 0.5) is 0 Å². The number of hydrogen-bond acceptors (Lipinski definition) is 5. The first-order valence-corrected chi connectivity index (χ1v) is 8.48. The highest BCUT2D eigenvalue weighted by Gasteiger charge is 2.28. The van der Waals surface area contributed by atoms with Gasteiger partial charge in [-0.2, -0.15) is 0 Å². The monoisotopic (exact) mass is 341 g/mol. The predicted molar refractivity (Wildman–Crippen MR) is 95.4 cm³/mol. The van der Waals surface area contributed by atoms with Crippen molar-refractivity contribution in [2.24, 2.45) is 0 Å². The molecule has 1 aromatic carbocycles. The van der Waals surface area contributed by atoms with Crippen LogP contribution in [0.15, 0.2) is 42.2 Å². The Balaban J connectivity index is 1.67. The normalized spacial score (nSPS) is 20.2. The fraction of sp³-hybridized carbons (Fsp3) is 0.421. The van der Waals surface area contributed by atoms with E-state index < -0.39 is 0 Å². The number of amides is 1. The van der Waals surface area contributed by atoms with Gasteiger partial charge in [0, 0.05) is 24.6 Å². The molecule has 1 amide bonds. The molecule has 0 aliphatic carbocycles. The molecule has 25 heavy (non-hydrogen) atoms. The van der Waals surface area contributed by atoms with Crippen LogP contribution in [0, 0.1) is 0 Å². The number of carbonyl (C=O) groups is 1. The highest BCUT2D eigenvalue weighted by Crippen LogP contribution is 2.15. The molecule has 132 valence electrons.